The standard InChI is InChI=1S/C13H20ClN3O2/c1-8(2)10(7-17(3)4)16-12-11(14)9(13(18)19)5-6-15-12/h5-6,8,10H,7H2,1-4H3,(H,15,16)(H,18,19). The number of hydrogen-bond donors (Lipinski definition) is 2. The highest BCUT2D eigenvalue weighted by molar-refractivity contribution is 6.35. The first-order chi connectivity index (χ1) is 8.82. The predicted octanol–water partition coefficient (Wildman–Crippen LogP) is 2.43. The second kappa shape index (κ2) is 6.73. The molecule has 0 saturated heterocycles. The van der Waals surface area contributed by atoms with Gasteiger partial charge in [0.15, 0.2) is 0 Å². The summed E-state index contributed by atoms with van der Waals surface area (Å²) in [6, 6.07) is 1.54. The fourth-order valence-electron chi connectivity index (χ4n) is 1.70. The lowest BCUT2D eigenvalue weighted by Crippen LogP contribution is -2.36. The van der Waals surface area contributed by atoms with Crippen LogP contribution in [0.4, 0.5) is 5.82 Å². The van der Waals surface area contributed by atoms with Crippen LogP contribution in [-0.2, 0) is 0 Å². The summed E-state index contributed by atoms with van der Waals surface area (Å²) in [7, 11) is 3.97. The maximum atomic E-state index is 11.0. The Morgan fingerprint density at radius 3 is 2.63 bits per heavy atom. The fraction of sp³-hybridized carbons (Fsp3) is 0.538. The number of halogens is 1. The van der Waals surface area contributed by atoms with Crippen LogP contribution >= 0.6 is 11.6 Å². The topological polar surface area (TPSA) is 65.5 Å². The Morgan fingerprint density at radius 2 is 2.16 bits per heavy atom. The average Bonchev–Trinajstić information content (AvgIpc) is 2.29. The highest BCUT2D eigenvalue weighted by Crippen LogP contribution is 2.25. The zero-order valence-corrected chi connectivity index (χ0v) is 12.4. The molecule has 6 heteroatoms. The number of pyridine rings is 1. The highest BCUT2D eigenvalue weighted by atomic mass is 35.5. The van der Waals surface area contributed by atoms with E-state index in [2.05, 4.69) is 29.0 Å². The largest absolute Gasteiger partial charge is 0.478 e. The molecule has 0 aliphatic heterocycles. The van der Waals surface area contributed by atoms with Gasteiger partial charge in [0.05, 0.1) is 10.6 Å². The first-order valence-corrected chi connectivity index (χ1v) is 6.49. The normalized spacial score (nSPS) is 12.8. The second-order valence-corrected chi connectivity index (χ2v) is 5.46. The minimum atomic E-state index is -1.05. The van der Waals surface area contributed by atoms with Gasteiger partial charge in [-0.3, -0.25) is 0 Å². The van der Waals surface area contributed by atoms with Crippen LogP contribution in [0.15, 0.2) is 12.3 Å². The minimum absolute atomic E-state index is 0.0616. The van der Waals surface area contributed by atoms with Crippen LogP contribution in [0.3, 0.4) is 0 Å². The molecular weight excluding hydrogens is 266 g/mol. The Labute approximate surface area is 118 Å². The van der Waals surface area contributed by atoms with Crippen molar-refractivity contribution in [2.75, 3.05) is 26.0 Å². The van der Waals surface area contributed by atoms with Crippen LogP contribution in [0, 0.1) is 5.92 Å². The van der Waals surface area contributed by atoms with Crippen LogP contribution < -0.4 is 5.32 Å². The lowest BCUT2D eigenvalue weighted by Gasteiger charge is -2.26. The third-order valence-electron chi connectivity index (χ3n) is 2.81. The molecule has 0 bridgehead atoms. The lowest BCUT2D eigenvalue weighted by molar-refractivity contribution is 0.0697. The molecule has 0 saturated carbocycles. The summed E-state index contributed by atoms with van der Waals surface area (Å²) < 4.78 is 0. The maximum Gasteiger partial charge on any atom is 0.337 e. The SMILES string of the molecule is CC(C)C(CN(C)C)Nc1nccc(C(=O)O)c1Cl. The van der Waals surface area contributed by atoms with Crippen molar-refractivity contribution in [1.82, 2.24) is 9.88 Å². The molecule has 1 aromatic heterocycles. The number of nitrogens with one attached hydrogen (secondary N) is 1. The van der Waals surface area contributed by atoms with Crippen LogP contribution in [0.25, 0.3) is 0 Å². The third-order valence-corrected chi connectivity index (χ3v) is 3.19. The first-order valence-electron chi connectivity index (χ1n) is 6.12. The summed E-state index contributed by atoms with van der Waals surface area (Å²) in [4.78, 5) is 17.2. The Morgan fingerprint density at radius 1 is 1.53 bits per heavy atom. The molecule has 5 nitrogen and oxygen atoms in total. The number of aromatic carboxylic acids is 1. The lowest BCUT2D eigenvalue weighted by atomic mass is 10.0. The van der Waals surface area contributed by atoms with Gasteiger partial charge in [-0.2, -0.15) is 0 Å². The van der Waals surface area contributed by atoms with E-state index in [0.29, 0.717) is 11.7 Å². The van der Waals surface area contributed by atoms with Crippen LogP contribution in [0.1, 0.15) is 24.2 Å². The quantitative estimate of drug-likeness (QED) is 0.840. The third kappa shape index (κ3) is 4.36. The molecule has 1 aromatic rings. The summed E-state index contributed by atoms with van der Waals surface area (Å²) in [6.07, 6.45) is 1.45. The molecule has 0 radical (unpaired) electrons. The summed E-state index contributed by atoms with van der Waals surface area (Å²) in [6.45, 7) is 5.00. The zero-order valence-electron chi connectivity index (χ0n) is 11.6. The van der Waals surface area contributed by atoms with Gasteiger partial charge in [-0.1, -0.05) is 25.4 Å². The van der Waals surface area contributed by atoms with Gasteiger partial charge in [0.25, 0.3) is 0 Å². The molecule has 1 atom stereocenters. The van der Waals surface area contributed by atoms with Gasteiger partial charge in [0, 0.05) is 18.8 Å². The van der Waals surface area contributed by atoms with Gasteiger partial charge in [0.2, 0.25) is 0 Å². The van der Waals surface area contributed by atoms with E-state index in [-0.39, 0.29) is 16.6 Å². The number of aromatic nitrogens is 1. The van der Waals surface area contributed by atoms with Gasteiger partial charge in [0.1, 0.15) is 5.82 Å². The number of carboxylic acids is 1. The summed E-state index contributed by atoms with van der Waals surface area (Å²) in [5, 5.41) is 12.4. The van der Waals surface area contributed by atoms with Crippen molar-refractivity contribution in [3.8, 4) is 0 Å². The molecule has 0 fully saturated rings. The van der Waals surface area contributed by atoms with E-state index in [1.54, 1.807) is 0 Å². The highest BCUT2D eigenvalue weighted by Gasteiger charge is 2.19. The number of rotatable bonds is 6. The molecule has 0 aromatic carbocycles. The molecule has 0 spiro atoms. The van der Waals surface area contributed by atoms with Crippen molar-refractivity contribution < 1.29 is 9.90 Å². The number of likely N-dealkylation sites (N-methyl/N-ethyl adjacent to an activating group) is 1. The molecule has 106 valence electrons. The van der Waals surface area contributed by atoms with Crippen molar-refractivity contribution in [3.63, 3.8) is 0 Å². The monoisotopic (exact) mass is 285 g/mol. The molecule has 0 aliphatic rings. The first kappa shape index (κ1) is 15.7. The van der Waals surface area contributed by atoms with Crippen molar-refractivity contribution in [2.45, 2.75) is 19.9 Å². The number of hydrogen-bond acceptors (Lipinski definition) is 4. The van der Waals surface area contributed by atoms with Gasteiger partial charge in [-0.05, 0) is 26.1 Å². The minimum Gasteiger partial charge on any atom is -0.478 e. The molecule has 1 rings (SSSR count). The van der Waals surface area contributed by atoms with Gasteiger partial charge in [-0.25, -0.2) is 9.78 Å². The molecule has 0 aliphatic carbocycles. The Bertz CT molecular complexity index is 450. The van der Waals surface area contributed by atoms with Gasteiger partial charge >= 0.3 is 5.97 Å². The molecule has 19 heavy (non-hydrogen) atoms. The molecular formula is C13H20ClN3O2. The van der Waals surface area contributed by atoms with Crippen molar-refractivity contribution in [2.24, 2.45) is 5.92 Å². The predicted molar refractivity (Wildman–Crippen MR) is 77.0 cm³/mol. The van der Waals surface area contributed by atoms with Crippen LogP contribution in [0.5, 0.6) is 0 Å². The Balaban J connectivity index is 2.97. The van der Waals surface area contributed by atoms with E-state index >= 15 is 0 Å². The number of carboxylic acid groups (broad SMARTS) is 1. The van der Waals surface area contributed by atoms with E-state index < -0.39 is 5.97 Å². The smallest absolute Gasteiger partial charge is 0.337 e. The van der Waals surface area contributed by atoms with Crippen LogP contribution in [0.2, 0.25) is 5.02 Å². The molecule has 1 heterocycles. The van der Waals surface area contributed by atoms with E-state index in [0.717, 1.165) is 6.54 Å². The van der Waals surface area contributed by atoms with Crippen LogP contribution in [-0.4, -0.2) is 47.6 Å². The Kier molecular flexibility index (Phi) is 5.57. The fourth-order valence-corrected chi connectivity index (χ4v) is 1.95. The molecule has 2 N–H and O–H groups in total. The maximum absolute atomic E-state index is 11.0. The summed E-state index contributed by atoms with van der Waals surface area (Å²) >= 11 is 6.07. The van der Waals surface area contributed by atoms with Gasteiger partial charge < -0.3 is 15.3 Å². The number of carbonyl (C=O) groups is 1. The van der Waals surface area contributed by atoms with Crippen molar-refractivity contribution in [3.05, 3.63) is 22.8 Å². The van der Waals surface area contributed by atoms with E-state index in [1.807, 2.05) is 14.1 Å². The van der Waals surface area contributed by atoms with Crippen molar-refractivity contribution >= 4 is 23.4 Å². The zero-order chi connectivity index (χ0) is 14.6. The average molecular weight is 286 g/mol. The summed E-state index contributed by atoms with van der Waals surface area (Å²) in [5.41, 5.74) is 0.0616. The molecule has 0 amide bonds. The number of anilines is 1. The molecule has 1 unspecified atom stereocenters. The van der Waals surface area contributed by atoms with E-state index in [1.165, 1.54) is 12.3 Å². The Hall–Kier alpha value is -1.33. The van der Waals surface area contributed by atoms with Gasteiger partial charge in [-0.15, -0.1) is 0 Å². The second-order valence-electron chi connectivity index (χ2n) is 5.08. The van der Waals surface area contributed by atoms with Crippen molar-refractivity contribution in [1.29, 1.82) is 0 Å². The number of nitrogens with zero attached hydrogens (tertiary/aromatic N) is 2. The van der Waals surface area contributed by atoms with E-state index in [9.17, 15) is 4.79 Å². The summed E-state index contributed by atoms with van der Waals surface area (Å²) in [5.74, 6) is -0.264. The van der Waals surface area contributed by atoms with E-state index in [4.69, 9.17) is 16.7 Å².